The molecule has 0 aromatic carbocycles. The summed E-state index contributed by atoms with van der Waals surface area (Å²) in [6.45, 7) is 1.30. The lowest BCUT2D eigenvalue weighted by atomic mass is 10.1. The van der Waals surface area contributed by atoms with E-state index in [-0.39, 0.29) is 29.6 Å². The number of anilines is 1. The van der Waals surface area contributed by atoms with E-state index in [1.807, 2.05) is 0 Å². The van der Waals surface area contributed by atoms with Gasteiger partial charge in [-0.25, -0.2) is 9.78 Å². The number of aliphatic carboxylic acids is 1. The Morgan fingerprint density at radius 2 is 2.10 bits per heavy atom. The first-order valence-electron chi connectivity index (χ1n) is 5.84. The summed E-state index contributed by atoms with van der Waals surface area (Å²) in [5.74, 6) is -2.97. The van der Waals surface area contributed by atoms with Gasteiger partial charge >= 0.3 is 5.97 Å². The minimum absolute atomic E-state index is 0.0194. The number of carboxylic acids is 1. The average molecular weight is 314 g/mol. The van der Waals surface area contributed by atoms with Crippen LogP contribution >= 0.6 is 11.3 Å². The first-order valence-corrected chi connectivity index (χ1v) is 6.72. The van der Waals surface area contributed by atoms with E-state index in [4.69, 9.17) is 10.8 Å². The van der Waals surface area contributed by atoms with E-state index in [9.17, 15) is 19.2 Å². The topological polar surface area (TPSA) is 151 Å². The maximum Gasteiger partial charge on any atom is 0.326 e. The average Bonchev–Trinajstić information content (AvgIpc) is 2.81. The summed E-state index contributed by atoms with van der Waals surface area (Å²) in [7, 11) is 0. The Morgan fingerprint density at radius 1 is 1.43 bits per heavy atom. The molecule has 1 aromatic rings. The Kier molecular flexibility index (Phi) is 5.79. The lowest BCUT2D eigenvalue weighted by molar-refractivity contribution is -0.139. The Morgan fingerprint density at radius 3 is 2.62 bits per heavy atom. The monoisotopic (exact) mass is 314 g/mol. The summed E-state index contributed by atoms with van der Waals surface area (Å²) in [4.78, 5) is 48.2. The standard InChI is InChI=1S/C11H14N4O5S/c1-5(16)13-11-15-7(4-21-11)9(18)14-6(10(19)20)2-3-8(12)17/h4,6H,2-3H2,1H3,(H2,12,17)(H,14,18)(H,19,20)(H,13,15,16)/t6-/m0/s1. The molecule has 0 fully saturated rings. The molecule has 3 amide bonds. The fourth-order valence-electron chi connectivity index (χ4n) is 1.36. The van der Waals surface area contributed by atoms with Gasteiger partial charge in [0.2, 0.25) is 11.8 Å². The zero-order valence-corrected chi connectivity index (χ0v) is 11.9. The molecule has 0 bridgehead atoms. The lowest BCUT2D eigenvalue weighted by Crippen LogP contribution is -2.41. The highest BCUT2D eigenvalue weighted by Crippen LogP contribution is 2.15. The Hall–Kier alpha value is -2.49. The van der Waals surface area contributed by atoms with Gasteiger partial charge in [0.25, 0.3) is 5.91 Å². The van der Waals surface area contributed by atoms with Gasteiger partial charge in [-0.2, -0.15) is 0 Å². The molecule has 0 spiro atoms. The van der Waals surface area contributed by atoms with E-state index >= 15 is 0 Å². The fourth-order valence-corrected chi connectivity index (χ4v) is 2.10. The van der Waals surface area contributed by atoms with Crippen molar-refractivity contribution < 1.29 is 24.3 Å². The van der Waals surface area contributed by atoms with Gasteiger partial charge in [0.1, 0.15) is 11.7 Å². The quantitative estimate of drug-likeness (QED) is 0.535. The summed E-state index contributed by atoms with van der Waals surface area (Å²) in [5.41, 5.74) is 4.92. The van der Waals surface area contributed by atoms with Crippen molar-refractivity contribution in [3.8, 4) is 0 Å². The van der Waals surface area contributed by atoms with Crippen LogP contribution in [0, 0.1) is 0 Å². The van der Waals surface area contributed by atoms with E-state index in [1.54, 1.807) is 0 Å². The highest BCUT2D eigenvalue weighted by atomic mass is 32.1. The van der Waals surface area contributed by atoms with Gasteiger partial charge in [0, 0.05) is 18.7 Å². The van der Waals surface area contributed by atoms with Crippen molar-refractivity contribution in [3.63, 3.8) is 0 Å². The predicted molar refractivity (Wildman–Crippen MR) is 73.7 cm³/mol. The van der Waals surface area contributed by atoms with Gasteiger partial charge < -0.3 is 21.5 Å². The second-order valence-electron chi connectivity index (χ2n) is 4.09. The molecule has 10 heteroatoms. The molecule has 1 atom stereocenters. The van der Waals surface area contributed by atoms with E-state index in [0.717, 1.165) is 11.3 Å². The molecule has 1 heterocycles. The number of amides is 3. The van der Waals surface area contributed by atoms with Gasteiger partial charge in [-0.1, -0.05) is 0 Å². The number of carbonyl (C=O) groups excluding carboxylic acids is 3. The van der Waals surface area contributed by atoms with Crippen molar-refractivity contribution in [2.75, 3.05) is 5.32 Å². The molecule has 0 aliphatic rings. The van der Waals surface area contributed by atoms with Crippen LogP contribution in [-0.2, 0) is 14.4 Å². The van der Waals surface area contributed by atoms with Gasteiger partial charge in [-0.15, -0.1) is 11.3 Å². The molecule has 1 rings (SSSR count). The minimum atomic E-state index is -1.28. The molecule has 0 aliphatic heterocycles. The van der Waals surface area contributed by atoms with Crippen LogP contribution in [0.3, 0.4) is 0 Å². The molecule has 5 N–H and O–H groups in total. The molecule has 0 saturated heterocycles. The predicted octanol–water partition coefficient (Wildman–Crippen LogP) is -0.450. The summed E-state index contributed by atoms with van der Waals surface area (Å²) >= 11 is 1.03. The third-order valence-corrected chi connectivity index (χ3v) is 3.06. The highest BCUT2D eigenvalue weighted by molar-refractivity contribution is 7.14. The van der Waals surface area contributed by atoms with Crippen LogP contribution in [0.1, 0.15) is 30.3 Å². The maximum absolute atomic E-state index is 11.8. The SMILES string of the molecule is CC(=O)Nc1nc(C(=O)N[C@@H](CCC(N)=O)C(=O)O)cs1. The van der Waals surface area contributed by atoms with Crippen molar-refractivity contribution in [2.45, 2.75) is 25.8 Å². The van der Waals surface area contributed by atoms with Crippen molar-refractivity contribution in [3.05, 3.63) is 11.1 Å². The Bertz CT molecular complexity index is 571. The van der Waals surface area contributed by atoms with Gasteiger partial charge in [-0.3, -0.25) is 14.4 Å². The number of nitrogens with zero attached hydrogens (tertiary/aromatic N) is 1. The lowest BCUT2D eigenvalue weighted by Gasteiger charge is -2.12. The summed E-state index contributed by atoms with van der Waals surface area (Å²) < 4.78 is 0. The van der Waals surface area contributed by atoms with Crippen LogP contribution in [0.4, 0.5) is 5.13 Å². The number of nitrogens with one attached hydrogen (secondary N) is 2. The van der Waals surface area contributed by atoms with Gasteiger partial charge in [-0.05, 0) is 6.42 Å². The van der Waals surface area contributed by atoms with Crippen LogP contribution in [0.2, 0.25) is 0 Å². The molecule has 1 aromatic heterocycles. The summed E-state index contributed by atoms with van der Waals surface area (Å²) in [5, 5.41) is 15.2. The second-order valence-corrected chi connectivity index (χ2v) is 4.95. The normalized spacial score (nSPS) is 11.5. The maximum atomic E-state index is 11.8. The molecule has 114 valence electrons. The third kappa shape index (κ3) is 5.57. The molecular weight excluding hydrogens is 300 g/mol. The molecule has 0 unspecified atom stereocenters. The van der Waals surface area contributed by atoms with Crippen LogP contribution < -0.4 is 16.4 Å². The number of carbonyl (C=O) groups is 4. The number of thiazole rings is 1. The van der Waals surface area contributed by atoms with Crippen molar-refractivity contribution >= 4 is 40.2 Å². The van der Waals surface area contributed by atoms with E-state index < -0.39 is 23.8 Å². The molecule has 0 radical (unpaired) electrons. The number of rotatable bonds is 7. The van der Waals surface area contributed by atoms with E-state index in [1.165, 1.54) is 12.3 Å². The van der Waals surface area contributed by atoms with Crippen LogP contribution in [0.5, 0.6) is 0 Å². The van der Waals surface area contributed by atoms with Crippen LogP contribution in [-0.4, -0.2) is 39.8 Å². The highest BCUT2D eigenvalue weighted by Gasteiger charge is 2.22. The first kappa shape index (κ1) is 16.6. The Balaban J connectivity index is 2.68. The molecule has 9 nitrogen and oxygen atoms in total. The van der Waals surface area contributed by atoms with E-state index in [2.05, 4.69) is 15.6 Å². The summed E-state index contributed by atoms with van der Waals surface area (Å²) in [6, 6.07) is -1.24. The van der Waals surface area contributed by atoms with Crippen LogP contribution in [0.25, 0.3) is 0 Å². The summed E-state index contributed by atoms with van der Waals surface area (Å²) in [6.07, 6.45) is -0.273. The van der Waals surface area contributed by atoms with E-state index in [0.29, 0.717) is 0 Å². The number of nitrogens with two attached hydrogens (primary N) is 1. The zero-order chi connectivity index (χ0) is 16.0. The molecule has 0 aliphatic carbocycles. The number of hydrogen-bond acceptors (Lipinski definition) is 6. The Labute approximate surface area is 123 Å². The molecule has 0 saturated carbocycles. The third-order valence-electron chi connectivity index (χ3n) is 2.30. The van der Waals surface area contributed by atoms with Gasteiger partial charge in [0.05, 0.1) is 0 Å². The largest absolute Gasteiger partial charge is 0.480 e. The second kappa shape index (κ2) is 7.33. The minimum Gasteiger partial charge on any atom is -0.480 e. The fraction of sp³-hybridized carbons (Fsp3) is 0.364. The van der Waals surface area contributed by atoms with Crippen molar-refractivity contribution in [1.82, 2.24) is 10.3 Å². The first-order chi connectivity index (χ1) is 9.79. The molecule has 21 heavy (non-hydrogen) atoms. The molecular formula is C11H14N4O5S. The number of primary amides is 1. The zero-order valence-electron chi connectivity index (χ0n) is 11.1. The number of hydrogen-bond donors (Lipinski definition) is 4. The van der Waals surface area contributed by atoms with Crippen molar-refractivity contribution in [1.29, 1.82) is 0 Å². The number of carboxylic acid groups (broad SMARTS) is 1. The van der Waals surface area contributed by atoms with Gasteiger partial charge in [0.15, 0.2) is 5.13 Å². The number of aromatic nitrogens is 1. The smallest absolute Gasteiger partial charge is 0.326 e. The van der Waals surface area contributed by atoms with Crippen LogP contribution in [0.15, 0.2) is 5.38 Å². The van der Waals surface area contributed by atoms with Crippen molar-refractivity contribution in [2.24, 2.45) is 5.73 Å².